The molecule has 0 bridgehead atoms. The van der Waals surface area contributed by atoms with Gasteiger partial charge in [-0.25, -0.2) is 0 Å². The molecular formula is C24H39N5O2. The molecule has 2 unspecified atom stereocenters. The van der Waals surface area contributed by atoms with Crippen molar-refractivity contribution in [3.8, 4) is 0 Å². The Hall–Kier alpha value is -2.12. The fraction of sp³-hybridized carbons (Fsp3) is 0.667. The van der Waals surface area contributed by atoms with Crippen LogP contribution in [0.2, 0.25) is 0 Å². The molecule has 2 heterocycles. The van der Waals surface area contributed by atoms with E-state index < -0.39 is 0 Å². The zero-order valence-electron chi connectivity index (χ0n) is 19.4. The van der Waals surface area contributed by atoms with E-state index in [1.54, 1.807) is 0 Å². The molecule has 1 aromatic carbocycles. The van der Waals surface area contributed by atoms with E-state index in [4.69, 9.17) is 4.74 Å². The van der Waals surface area contributed by atoms with Crippen LogP contribution in [-0.4, -0.2) is 93.1 Å². The van der Waals surface area contributed by atoms with Crippen molar-refractivity contribution in [3.63, 3.8) is 0 Å². The van der Waals surface area contributed by atoms with Crippen LogP contribution in [-0.2, 0) is 16.1 Å². The van der Waals surface area contributed by atoms with Gasteiger partial charge >= 0.3 is 5.97 Å². The Kier molecular flexibility index (Phi) is 9.15. The first kappa shape index (κ1) is 23.5. The third-order valence-corrected chi connectivity index (χ3v) is 6.53. The van der Waals surface area contributed by atoms with E-state index >= 15 is 0 Å². The number of guanidine groups is 1. The van der Waals surface area contributed by atoms with E-state index in [9.17, 15) is 4.79 Å². The molecule has 1 N–H and O–H groups in total. The molecule has 2 atom stereocenters. The number of carbonyl (C=O) groups excluding carboxylic acids is 1. The molecule has 2 saturated heterocycles. The summed E-state index contributed by atoms with van der Waals surface area (Å²) in [5.41, 5.74) is 1.40. The van der Waals surface area contributed by atoms with Gasteiger partial charge in [0.15, 0.2) is 5.96 Å². The van der Waals surface area contributed by atoms with Gasteiger partial charge in [0.25, 0.3) is 0 Å². The Balaban J connectivity index is 1.28. The SMILES string of the molecule is CN=C(NCCCCN1CCN(Cc2ccccc2)CC1)N1CC(C)C(C(=O)OC)C1. The third-order valence-electron chi connectivity index (χ3n) is 6.53. The molecular weight excluding hydrogens is 390 g/mol. The molecule has 2 aliphatic rings. The molecule has 0 saturated carbocycles. The number of aliphatic imine (C=N–C) groups is 1. The summed E-state index contributed by atoms with van der Waals surface area (Å²) in [6, 6.07) is 10.7. The number of rotatable bonds is 8. The van der Waals surface area contributed by atoms with Crippen LogP contribution in [0.1, 0.15) is 25.3 Å². The van der Waals surface area contributed by atoms with Crippen LogP contribution in [0.5, 0.6) is 0 Å². The van der Waals surface area contributed by atoms with E-state index in [0.29, 0.717) is 6.54 Å². The highest BCUT2D eigenvalue weighted by Gasteiger charge is 2.36. The molecule has 3 rings (SSSR count). The number of nitrogens with one attached hydrogen (secondary N) is 1. The van der Waals surface area contributed by atoms with Gasteiger partial charge in [0.05, 0.1) is 13.0 Å². The fourth-order valence-electron chi connectivity index (χ4n) is 4.60. The molecule has 1 aromatic rings. The van der Waals surface area contributed by atoms with Crippen molar-refractivity contribution in [2.45, 2.75) is 26.3 Å². The standard InChI is InChI=1S/C24H39N5O2/c1-20-17-29(19-22(20)23(30)31-3)24(25-2)26-11-7-8-12-27-13-15-28(16-14-27)18-21-9-5-4-6-10-21/h4-6,9-10,20,22H,7-8,11-19H2,1-3H3,(H,25,26). The number of unbranched alkanes of at least 4 members (excludes halogenated alkanes) is 1. The topological polar surface area (TPSA) is 60.4 Å². The van der Waals surface area contributed by atoms with Crippen molar-refractivity contribution >= 4 is 11.9 Å². The first-order chi connectivity index (χ1) is 15.1. The number of likely N-dealkylation sites (tertiary alicyclic amines) is 1. The van der Waals surface area contributed by atoms with Crippen molar-refractivity contribution in [3.05, 3.63) is 35.9 Å². The molecule has 31 heavy (non-hydrogen) atoms. The number of hydrogen-bond acceptors (Lipinski definition) is 5. The van der Waals surface area contributed by atoms with Crippen LogP contribution in [0.25, 0.3) is 0 Å². The molecule has 2 aliphatic heterocycles. The molecule has 0 radical (unpaired) electrons. The second-order valence-electron chi connectivity index (χ2n) is 8.80. The number of esters is 1. The number of piperazine rings is 1. The summed E-state index contributed by atoms with van der Waals surface area (Å²) < 4.78 is 4.94. The Morgan fingerprint density at radius 2 is 1.81 bits per heavy atom. The van der Waals surface area contributed by atoms with Gasteiger partial charge in [-0.05, 0) is 30.9 Å². The summed E-state index contributed by atoms with van der Waals surface area (Å²) in [6.45, 7) is 11.4. The Bertz CT molecular complexity index is 703. The molecule has 2 fully saturated rings. The summed E-state index contributed by atoms with van der Waals surface area (Å²) in [7, 11) is 3.28. The van der Waals surface area contributed by atoms with E-state index in [1.165, 1.54) is 19.1 Å². The van der Waals surface area contributed by atoms with E-state index in [1.807, 2.05) is 7.05 Å². The van der Waals surface area contributed by atoms with E-state index in [-0.39, 0.29) is 17.8 Å². The largest absolute Gasteiger partial charge is 0.469 e. The lowest BCUT2D eigenvalue weighted by Gasteiger charge is -2.34. The molecule has 0 aliphatic carbocycles. The lowest BCUT2D eigenvalue weighted by atomic mass is 9.99. The minimum absolute atomic E-state index is 0.0656. The number of carbonyl (C=O) groups is 1. The van der Waals surface area contributed by atoms with E-state index in [2.05, 4.69) is 62.3 Å². The van der Waals surface area contributed by atoms with Gasteiger partial charge in [-0.1, -0.05) is 37.3 Å². The first-order valence-electron chi connectivity index (χ1n) is 11.6. The highest BCUT2D eigenvalue weighted by Crippen LogP contribution is 2.24. The first-order valence-corrected chi connectivity index (χ1v) is 11.6. The van der Waals surface area contributed by atoms with Crippen molar-refractivity contribution in [2.75, 3.05) is 66.5 Å². The van der Waals surface area contributed by atoms with Crippen molar-refractivity contribution in [2.24, 2.45) is 16.8 Å². The summed E-state index contributed by atoms with van der Waals surface area (Å²) in [5.74, 6) is 0.998. The number of benzene rings is 1. The van der Waals surface area contributed by atoms with E-state index in [0.717, 1.165) is 64.7 Å². The fourth-order valence-corrected chi connectivity index (χ4v) is 4.60. The van der Waals surface area contributed by atoms with Crippen LogP contribution in [0.15, 0.2) is 35.3 Å². The molecule has 172 valence electrons. The highest BCUT2D eigenvalue weighted by atomic mass is 16.5. The number of nitrogens with zero attached hydrogens (tertiary/aromatic N) is 4. The van der Waals surface area contributed by atoms with Gasteiger partial charge in [0.2, 0.25) is 0 Å². The Morgan fingerprint density at radius 3 is 2.48 bits per heavy atom. The predicted octanol–water partition coefficient (Wildman–Crippen LogP) is 1.90. The lowest BCUT2D eigenvalue weighted by Crippen LogP contribution is -2.46. The second-order valence-corrected chi connectivity index (χ2v) is 8.80. The molecule has 0 aromatic heterocycles. The number of methoxy groups -OCH3 is 1. The van der Waals surface area contributed by atoms with Gasteiger partial charge in [-0.2, -0.15) is 0 Å². The molecule has 7 nitrogen and oxygen atoms in total. The maximum atomic E-state index is 11.9. The third kappa shape index (κ3) is 6.94. The van der Waals surface area contributed by atoms with Gasteiger partial charge in [0, 0.05) is 59.4 Å². The highest BCUT2D eigenvalue weighted by molar-refractivity contribution is 5.82. The zero-order valence-corrected chi connectivity index (χ0v) is 19.4. The normalized spacial score (nSPS) is 23.2. The minimum atomic E-state index is -0.116. The number of hydrogen-bond donors (Lipinski definition) is 1. The van der Waals surface area contributed by atoms with Gasteiger partial charge in [-0.15, -0.1) is 0 Å². The van der Waals surface area contributed by atoms with Crippen LogP contribution in [0.3, 0.4) is 0 Å². The average Bonchev–Trinajstić information content (AvgIpc) is 3.18. The molecule has 0 spiro atoms. The quantitative estimate of drug-likeness (QED) is 0.295. The van der Waals surface area contributed by atoms with Gasteiger partial charge in [0.1, 0.15) is 0 Å². The Morgan fingerprint density at radius 1 is 1.10 bits per heavy atom. The van der Waals surface area contributed by atoms with Gasteiger partial charge in [-0.3, -0.25) is 14.7 Å². The predicted molar refractivity (Wildman–Crippen MR) is 125 cm³/mol. The number of ether oxygens (including phenoxy) is 1. The average molecular weight is 430 g/mol. The monoisotopic (exact) mass is 429 g/mol. The zero-order chi connectivity index (χ0) is 22.1. The summed E-state index contributed by atoms with van der Waals surface area (Å²) in [4.78, 5) is 23.7. The smallest absolute Gasteiger partial charge is 0.310 e. The van der Waals surface area contributed by atoms with Crippen molar-refractivity contribution in [1.82, 2.24) is 20.0 Å². The molecule has 0 amide bonds. The van der Waals surface area contributed by atoms with Crippen molar-refractivity contribution in [1.29, 1.82) is 0 Å². The second kappa shape index (κ2) is 12.1. The molecule has 7 heteroatoms. The lowest BCUT2D eigenvalue weighted by molar-refractivity contribution is -0.145. The minimum Gasteiger partial charge on any atom is -0.469 e. The van der Waals surface area contributed by atoms with Gasteiger partial charge < -0.3 is 19.9 Å². The maximum absolute atomic E-state index is 11.9. The van der Waals surface area contributed by atoms with Crippen LogP contribution >= 0.6 is 0 Å². The summed E-state index contributed by atoms with van der Waals surface area (Å²) in [5, 5.41) is 3.48. The Labute approximate surface area is 187 Å². The van der Waals surface area contributed by atoms with Crippen molar-refractivity contribution < 1.29 is 9.53 Å². The van der Waals surface area contributed by atoms with Crippen LogP contribution in [0.4, 0.5) is 0 Å². The summed E-state index contributed by atoms with van der Waals surface area (Å²) in [6.07, 6.45) is 2.30. The summed E-state index contributed by atoms with van der Waals surface area (Å²) >= 11 is 0. The van der Waals surface area contributed by atoms with Crippen LogP contribution < -0.4 is 5.32 Å². The maximum Gasteiger partial charge on any atom is 0.310 e. The van der Waals surface area contributed by atoms with Crippen LogP contribution in [0, 0.1) is 11.8 Å².